The van der Waals surface area contributed by atoms with Gasteiger partial charge in [-0.05, 0) is 52.4 Å². The molecule has 0 unspecified atom stereocenters. The average molecular weight is 357 g/mol. The SMILES string of the molecule is C[C@@H](CO)CC[C@H]1C[C@@H](COC(=O)C(C)(C)C)OC2(CCCCC2)O1. The van der Waals surface area contributed by atoms with Crippen LogP contribution in [-0.4, -0.2) is 42.3 Å². The summed E-state index contributed by atoms with van der Waals surface area (Å²) in [5, 5.41) is 9.26. The first-order valence-electron chi connectivity index (χ1n) is 9.88. The third-order valence-corrected chi connectivity index (χ3v) is 5.21. The lowest BCUT2D eigenvalue weighted by Crippen LogP contribution is -2.51. The zero-order valence-corrected chi connectivity index (χ0v) is 16.4. The second kappa shape index (κ2) is 8.83. The van der Waals surface area contributed by atoms with Gasteiger partial charge in [-0.15, -0.1) is 0 Å². The van der Waals surface area contributed by atoms with Gasteiger partial charge in [-0.1, -0.05) is 13.3 Å². The fourth-order valence-electron chi connectivity index (χ4n) is 3.58. The summed E-state index contributed by atoms with van der Waals surface area (Å²) in [5.74, 6) is -0.403. The number of carbonyl (C=O) groups excluding carboxylic acids is 1. The molecule has 1 aliphatic heterocycles. The summed E-state index contributed by atoms with van der Waals surface area (Å²) in [6, 6.07) is 0. The van der Waals surface area contributed by atoms with Crippen LogP contribution in [0.25, 0.3) is 0 Å². The van der Waals surface area contributed by atoms with Crippen molar-refractivity contribution < 1.29 is 24.1 Å². The van der Waals surface area contributed by atoms with Gasteiger partial charge in [0.15, 0.2) is 5.79 Å². The van der Waals surface area contributed by atoms with E-state index in [1.165, 1.54) is 6.42 Å². The van der Waals surface area contributed by atoms with Gasteiger partial charge >= 0.3 is 5.97 Å². The van der Waals surface area contributed by atoms with Gasteiger partial charge in [-0.3, -0.25) is 4.79 Å². The lowest BCUT2D eigenvalue weighted by Gasteiger charge is -2.46. The second-order valence-electron chi connectivity index (χ2n) is 8.90. The Labute approximate surface area is 152 Å². The van der Waals surface area contributed by atoms with E-state index in [0.29, 0.717) is 6.61 Å². The van der Waals surface area contributed by atoms with Crippen molar-refractivity contribution in [1.82, 2.24) is 0 Å². The summed E-state index contributed by atoms with van der Waals surface area (Å²) < 4.78 is 18.2. The number of aliphatic hydroxyl groups excluding tert-OH is 1. The molecule has 2 aliphatic rings. The molecular formula is C20H36O5. The van der Waals surface area contributed by atoms with Crippen molar-refractivity contribution in [2.24, 2.45) is 11.3 Å². The van der Waals surface area contributed by atoms with E-state index >= 15 is 0 Å². The topological polar surface area (TPSA) is 65.0 Å². The van der Waals surface area contributed by atoms with Gasteiger partial charge in [-0.25, -0.2) is 0 Å². The molecule has 2 rings (SSSR count). The number of esters is 1. The first-order valence-corrected chi connectivity index (χ1v) is 9.88. The zero-order valence-electron chi connectivity index (χ0n) is 16.4. The number of ether oxygens (including phenoxy) is 3. The van der Waals surface area contributed by atoms with Crippen LogP contribution >= 0.6 is 0 Å². The number of rotatable bonds is 6. The van der Waals surface area contributed by atoms with Crippen molar-refractivity contribution in [1.29, 1.82) is 0 Å². The van der Waals surface area contributed by atoms with E-state index in [-0.39, 0.29) is 30.7 Å². The largest absolute Gasteiger partial charge is 0.463 e. The van der Waals surface area contributed by atoms with E-state index < -0.39 is 11.2 Å². The minimum Gasteiger partial charge on any atom is -0.463 e. The molecule has 0 bridgehead atoms. The minimum atomic E-state index is -0.498. The average Bonchev–Trinajstić information content (AvgIpc) is 2.57. The molecule has 2 fully saturated rings. The maximum atomic E-state index is 12.1. The molecule has 0 aromatic heterocycles. The van der Waals surface area contributed by atoms with E-state index in [4.69, 9.17) is 14.2 Å². The molecule has 1 heterocycles. The molecule has 3 atom stereocenters. The Bertz CT molecular complexity index is 422. The first kappa shape index (κ1) is 20.7. The highest BCUT2D eigenvalue weighted by Crippen LogP contribution is 2.40. The molecule has 1 spiro atoms. The van der Waals surface area contributed by atoms with E-state index in [1.807, 2.05) is 20.8 Å². The number of aliphatic hydroxyl groups is 1. The monoisotopic (exact) mass is 356 g/mol. The fourth-order valence-corrected chi connectivity index (χ4v) is 3.58. The summed E-state index contributed by atoms with van der Waals surface area (Å²) in [6.45, 7) is 8.15. The molecule has 1 saturated carbocycles. The molecule has 0 amide bonds. The van der Waals surface area contributed by atoms with Crippen molar-refractivity contribution in [3.63, 3.8) is 0 Å². The lowest BCUT2D eigenvalue weighted by molar-refractivity contribution is -0.333. The highest BCUT2D eigenvalue weighted by molar-refractivity contribution is 5.75. The number of hydrogen-bond donors (Lipinski definition) is 1. The van der Waals surface area contributed by atoms with Crippen LogP contribution in [0.15, 0.2) is 0 Å². The molecule has 1 N–H and O–H groups in total. The van der Waals surface area contributed by atoms with Crippen LogP contribution in [0, 0.1) is 11.3 Å². The van der Waals surface area contributed by atoms with Gasteiger partial charge < -0.3 is 19.3 Å². The predicted octanol–water partition coefficient (Wildman–Crippen LogP) is 3.82. The smallest absolute Gasteiger partial charge is 0.311 e. The van der Waals surface area contributed by atoms with E-state index in [2.05, 4.69) is 6.92 Å². The van der Waals surface area contributed by atoms with E-state index in [0.717, 1.165) is 44.9 Å². The Morgan fingerprint density at radius 1 is 1.20 bits per heavy atom. The lowest BCUT2D eigenvalue weighted by atomic mass is 9.91. The highest BCUT2D eigenvalue weighted by Gasteiger charge is 2.43. The van der Waals surface area contributed by atoms with Crippen LogP contribution in [-0.2, 0) is 19.0 Å². The summed E-state index contributed by atoms with van der Waals surface area (Å²) in [5.41, 5.74) is -0.496. The van der Waals surface area contributed by atoms with E-state index in [1.54, 1.807) is 0 Å². The van der Waals surface area contributed by atoms with E-state index in [9.17, 15) is 9.90 Å². The highest BCUT2D eigenvalue weighted by atomic mass is 16.7. The molecule has 5 nitrogen and oxygen atoms in total. The van der Waals surface area contributed by atoms with Crippen LogP contribution in [0.4, 0.5) is 0 Å². The van der Waals surface area contributed by atoms with Crippen molar-refractivity contribution >= 4 is 5.97 Å². The second-order valence-corrected chi connectivity index (χ2v) is 8.90. The van der Waals surface area contributed by atoms with Gasteiger partial charge in [-0.2, -0.15) is 0 Å². The Morgan fingerprint density at radius 2 is 1.84 bits per heavy atom. The molecule has 0 aromatic rings. The molecule has 146 valence electrons. The van der Waals surface area contributed by atoms with Crippen LogP contribution < -0.4 is 0 Å². The molecule has 25 heavy (non-hydrogen) atoms. The Morgan fingerprint density at radius 3 is 2.44 bits per heavy atom. The first-order chi connectivity index (χ1) is 11.7. The van der Waals surface area contributed by atoms with Gasteiger partial charge in [0.25, 0.3) is 0 Å². The van der Waals surface area contributed by atoms with Gasteiger partial charge in [0.05, 0.1) is 17.6 Å². The summed E-state index contributed by atoms with van der Waals surface area (Å²) in [6.07, 6.45) is 7.91. The van der Waals surface area contributed by atoms with Crippen LogP contribution in [0.2, 0.25) is 0 Å². The minimum absolute atomic E-state index is 0.104. The van der Waals surface area contributed by atoms with Crippen molar-refractivity contribution in [3.05, 3.63) is 0 Å². The summed E-state index contributed by atoms with van der Waals surface area (Å²) in [7, 11) is 0. The molecule has 5 heteroatoms. The van der Waals surface area contributed by atoms with Gasteiger partial charge in [0.1, 0.15) is 6.61 Å². The Hall–Kier alpha value is -0.650. The Balaban J connectivity index is 1.96. The summed E-state index contributed by atoms with van der Waals surface area (Å²) >= 11 is 0. The maximum Gasteiger partial charge on any atom is 0.311 e. The zero-order chi connectivity index (χ0) is 18.5. The number of hydrogen-bond acceptors (Lipinski definition) is 5. The standard InChI is InChI=1S/C20H36O5/c1-15(13-21)8-9-16-12-17(14-23-18(22)19(2,3)4)25-20(24-16)10-6-5-7-11-20/h15-17,21H,5-14H2,1-4H3/t15-,16+,17+/m1/s1. The third kappa shape index (κ3) is 6.22. The van der Waals surface area contributed by atoms with Crippen LogP contribution in [0.3, 0.4) is 0 Å². The van der Waals surface area contributed by atoms with Crippen molar-refractivity contribution in [2.45, 2.75) is 97.1 Å². The quantitative estimate of drug-likeness (QED) is 0.733. The van der Waals surface area contributed by atoms with Gasteiger partial charge in [0.2, 0.25) is 0 Å². The summed E-state index contributed by atoms with van der Waals surface area (Å²) in [4.78, 5) is 12.1. The number of carbonyl (C=O) groups is 1. The fraction of sp³-hybridized carbons (Fsp3) is 0.950. The van der Waals surface area contributed by atoms with Crippen molar-refractivity contribution in [2.75, 3.05) is 13.2 Å². The van der Waals surface area contributed by atoms with Crippen LogP contribution in [0.5, 0.6) is 0 Å². The normalized spacial score (nSPS) is 27.9. The molecule has 0 aromatic carbocycles. The predicted molar refractivity (Wildman–Crippen MR) is 96.1 cm³/mol. The molecule has 0 radical (unpaired) electrons. The molecular weight excluding hydrogens is 320 g/mol. The molecule has 1 saturated heterocycles. The van der Waals surface area contributed by atoms with Gasteiger partial charge in [0, 0.05) is 25.9 Å². The Kier molecular flexibility index (Phi) is 7.29. The maximum absolute atomic E-state index is 12.1. The molecule has 1 aliphatic carbocycles. The van der Waals surface area contributed by atoms with Crippen molar-refractivity contribution in [3.8, 4) is 0 Å². The van der Waals surface area contributed by atoms with Crippen LogP contribution in [0.1, 0.15) is 79.1 Å². The third-order valence-electron chi connectivity index (χ3n) is 5.21.